The number of halogens is 1. The molecule has 3 aromatic rings. The molecule has 0 amide bonds. The number of fused-ring (bicyclic) bond motifs is 2. The van der Waals surface area contributed by atoms with Gasteiger partial charge in [-0.05, 0) is 29.7 Å². The zero-order valence-corrected chi connectivity index (χ0v) is 8.99. The number of hydrogen-bond donors (Lipinski definition) is 0. The van der Waals surface area contributed by atoms with Gasteiger partial charge in [0.05, 0.1) is 0 Å². The van der Waals surface area contributed by atoms with Crippen molar-refractivity contribution in [2.75, 3.05) is 0 Å². The Balaban J connectivity index is 2.54. The van der Waals surface area contributed by atoms with E-state index in [0.717, 1.165) is 16.2 Å². The van der Waals surface area contributed by atoms with Crippen LogP contribution in [-0.4, -0.2) is 0 Å². The summed E-state index contributed by atoms with van der Waals surface area (Å²) in [5.74, 6) is 0. The first-order valence-electron chi connectivity index (χ1n) is 4.86. The quantitative estimate of drug-likeness (QED) is 0.436. The molecule has 0 fully saturated rings. The molecular formula is C13H7ClO2. The van der Waals surface area contributed by atoms with Gasteiger partial charge in [0, 0.05) is 21.9 Å². The summed E-state index contributed by atoms with van der Waals surface area (Å²) in [6.07, 6.45) is 0. The van der Waals surface area contributed by atoms with E-state index in [1.54, 1.807) is 12.1 Å². The van der Waals surface area contributed by atoms with Gasteiger partial charge in [0.15, 0.2) is 0 Å². The second-order valence-electron chi connectivity index (χ2n) is 3.61. The molecule has 3 heteroatoms. The van der Waals surface area contributed by atoms with E-state index in [2.05, 4.69) is 0 Å². The monoisotopic (exact) mass is 230 g/mol. The van der Waals surface area contributed by atoms with E-state index in [1.165, 1.54) is 6.07 Å². The van der Waals surface area contributed by atoms with Crippen LogP contribution in [0.4, 0.5) is 0 Å². The highest BCUT2D eigenvalue weighted by atomic mass is 35.5. The Labute approximate surface area is 96.1 Å². The van der Waals surface area contributed by atoms with Crippen LogP contribution >= 0.6 is 11.6 Å². The molecule has 0 spiro atoms. The maximum absolute atomic E-state index is 11.1. The van der Waals surface area contributed by atoms with Gasteiger partial charge in [-0.1, -0.05) is 23.7 Å². The van der Waals surface area contributed by atoms with Gasteiger partial charge in [0.25, 0.3) is 0 Å². The molecule has 1 heterocycles. The van der Waals surface area contributed by atoms with Crippen LogP contribution in [-0.2, 0) is 0 Å². The molecule has 3 rings (SSSR count). The molecule has 0 aliphatic heterocycles. The molecule has 0 saturated heterocycles. The van der Waals surface area contributed by atoms with E-state index >= 15 is 0 Å². The first-order valence-corrected chi connectivity index (χ1v) is 5.24. The minimum atomic E-state index is -0.348. The number of benzene rings is 2. The third kappa shape index (κ3) is 1.39. The Kier molecular flexibility index (Phi) is 1.98. The van der Waals surface area contributed by atoms with Crippen LogP contribution in [0.5, 0.6) is 0 Å². The molecule has 0 atom stereocenters. The number of rotatable bonds is 0. The Morgan fingerprint density at radius 2 is 1.88 bits per heavy atom. The largest absolute Gasteiger partial charge is 0.423 e. The predicted molar refractivity (Wildman–Crippen MR) is 65.0 cm³/mol. The van der Waals surface area contributed by atoms with Gasteiger partial charge >= 0.3 is 5.63 Å². The average Bonchev–Trinajstić information content (AvgIpc) is 2.28. The van der Waals surface area contributed by atoms with Crippen LogP contribution in [0.3, 0.4) is 0 Å². The van der Waals surface area contributed by atoms with Crippen molar-refractivity contribution in [3.8, 4) is 0 Å². The number of hydrogen-bond acceptors (Lipinski definition) is 2. The molecule has 0 bridgehead atoms. The molecule has 0 aliphatic carbocycles. The van der Waals surface area contributed by atoms with E-state index in [9.17, 15) is 4.79 Å². The molecule has 0 saturated carbocycles. The summed E-state index contributed by atoms with van der Waals surface area (Å²) in [5.41, 5.74) is 0.215. The Bertz CT molecular complexity index is 744. The maximum Gasteiger partial charge on any atom is 0.336 e. The molecule has 2 aromatic carbocycles. The third-order valence-electron chi connectivity index (χ3n) is 2.57. The van der Waals surface area contributed by atoms with Crippen molar-refractivity contribution >= 4 is 33.3 Å². The second kappa shape index (κ2) is 3.35. The average molecular weight is 231 g/mol. The highest BCUT2D eigenvalue weighted by Gasteiger charge is 2.03. The van der Waals surface area contributed by atoms with Crippen LogP contribution in [0.25, 0.3) is 21.7 Å². The van der Waals surface area contributed by atoms with Crippen molar-refractivity contribution in [2.24, 2.45) is 0 Å². The van der Waals surface area contributed by atoms with Gasteiger partial charge < -0.3 is 4.42 Å². The van der Waals surface area contributed by atoms with Crippen molar-refractivity contribution < 1.29 is 4.42 Å². The van der Waals surface area contributed by atoms with Gasteiger partial charge in [0.1, 0.15) is 5.58 Å². The molecule has 2 nitrogen and oxygen atoms in total. The first kappa shape index (κ1) is 9.43. The lowest BCUT2D eigenvalue weighted by Gasteiger charge is -2.02. The Hall–Kier alpha value is -1.80. The zero-order chi connectivity index (χ0) is 11.1. The lowest BCUT2D eigenvalue weighted by Crippen LogP contribution is -1.94. The SMILES string of the molecule is O=c1ccc2cc3cccc(Cl)c3cc2o1. The van der Waals surface area contributed by atoms with Crippen molar-refractivity contribution in [2.45, 2.75) is 0 Å². The smallest absolute Gasteiger partial charge is 0.336 e. The fraction of sp³-hybridized carbons (Fsp3) is 0. The van der Waals surface area contributed by atoms with E-state index in [0.29, 0.717) is 10.6 Å². The van der Waals surface area contributed by atoms with Gasteiger partial charge in [-0.25, -0.2) is 4.79 Å². The standard InChI is InChI=1S/C13H7ClO2/c14-11-3-1-2-8-6-9-4-5-13(15)16-12(9)7-10(8)11/h1-7H. The fourth-order valence-corrected chi connectivity index (χ4v) is 2.04. The molecular weight excluding hydrogens is 224 g/mol. The highest BCUT2D eigenvalue weighted by Crippen LogP contribution is 2.27. The summed E-state index contributed by atoms with van der Waals surface area (Å²) >= 11 is 6.08. The van der Waals surface area contributed by atoms with Gasteiger partial charge in [-0.3, -0.25) is 0 Å². The minimum Gasteiger partial charge on any atom is -0.423 e. The third-order valence-corrected chi connectivity index (χ3v) is 2.90. The Morgan fingerprint density at radius 3 is 2.75 bits per heavy atom. The van der Waals surface area contributed by atoms with Crippen molar-refractivity contribution in [1.29, 1.82) is 0 Å². The summed E-state index contributed by atoms with van der Waals surface area (Å²) in [5, 5.41) is 3.49. The van der Waals surface area contributed by atoms with Crippen LogP contribution in [0.1, 0.15) is 0 Å². The zero-order valence-electron chi connectivity index (χ0n) is 8.24. The molecule has 0 radical (unpaired) electrons. The summed E-state index contributed by atoms with van der Waals surface area (Å²) in [6, 6.07) is 12.6. The highest BCUT2D eigenvalue weighted by molar-refractivity contribution is 6.35. The minimum absolute atomic E-state index is 0.348. The fourth-order valence-electron chi connectivity index (χ4n) is 1.80. The van der Waals surface area contributed by atoms with Crippen molar-refractivity contribution in [3.05, 3.63) is 57.9 Å². The lowest BCUT2D eigenvalue weighted by atomic mass is 10.1. The van der Waals surface area contributed by atoms with Crippen LogP contribution in [0.15, 0.2) is 51.7 Å². The topological polar surface area (TPSA) is 30.2 Å². The van der Waals surface area contributed by atoms with E-state index in [1.807, 2.05) is 24.3 Å². The van der Waals surface area contributed by atoms with Gasteiger partial charge in [0.2, 0.25) is 0 Å². The molecule has 16 heavy (non-hydrogen) atoms. The van der Waals surface area contributed by atoms with Crippen LogP contribution in [0, 0.1) is 0 Å². The summed E-state index contributed by atoms with van der Waals surface area (Å²) < 4.78 is 5.11. The van der Waals surface area contributed by atoms with Crippen molar-refractivity contribution in [1.82, 2.24) is 0 Å². The molecule has 0 aliphatic rings. The molecule has 0 N–H and O–H groups in total. The molecule has 0 unspecified atom stereocenters. The second-order valence-corrected chi connectivity index (χ2v) is 4.01. The Morgan fingerprint density at radius 1 is 1.00 bits per heavy atom. The van der Waals surface area contributed by atoms with Crippen LogP contribution < -0.4 is 5.63 Å². The molecule has 78 valence electrons. The predicted octanol–water partition coefficient (Wildman–Crippen LogP) is 3.60. The van der Waals surface area contributed by atoms with E-state index in [4.69, 9.17) is 16.0 Å². The normalized spacial score (nSPS) is 11.1. The van der Waals surface area contributed by atoms with Crippen LogP contribution in [0.2, 0.25) is 5.02 Å². The summed E-state index contributed by atoms with van der Waals surface area (Å²) in [6.45, 7) is 0. The molecule has 1 aromatic heterocycles. The lowest BCUT2D eigenvalue weighted by molar-refractivity contribution is 0.561. The maximum atomic E-state index is 11.1. The first-order chi connectivity index (χ1) is 7.74. The van der Waals surface area contributed by atoms with Crippen molar-refractivity contribution in [3.63, 3.8) is 0 Å². The summed E-state index contributed by atoms with van der Waals surface area (Å²) in [7, 11) is 0. The van der Waals surface area contributed by atoms with Gasteiger partial charge in [-0.2, -0.15) is 0 Å². The summed E-state index contributed by atoms with van der Waals surface area (Å²) in [4.78, 5) is 11.1. The van der Waals surface area contributed by atoms with Gasteiger partial charge in [-0.15, -0.1) is 0 Å². The van der Waals surface area contributed by atoms with E-state index in [-0.39, 0.29) is 5.63 Å². The van der Waals surface area contributed by atoms with E-state index < -0.39 is 0 Å².